The second kappa shape index (κ2) is 7.01. The van der Waals surface area contributed by atoms with Crippen LogP contribution in [0.2, 0.25) is 0 Å². The van der Waals surface area contributed by atoms with Crippen molar-refractivity contribution in [3.63, 3.8) is 0 Å². The highest BCUT2D eigenvalue weighted by Crippen LogP contribution is 2.33. The largest absolute Gasteiger partial charge is 0.394 e. The summed E-state index contributed by atoms with van der Waals surface area (Å²) in [4.78, 5) is 12.8. The van der Waals surface area contributed by atoms with Crippen molar-refractivity contribution in [1.82, 2.24) is 0 Å². The molecule has 0 aliphatic carbocycles. The molecule has 0 spiro atoms. The third-order valence-electron chi connectivity index (χ3n) is 3.30. The molecule has 1 aromatic carbocycles. The second-order valence-electron chi connectivity index (χ2n) is 4.69. The van der Waals surface area contributed by atoms with Gasteiger partial charge in [-0.25, -0.2) is 0 Å². The number of halogens is 1. The maximum absolute atomic E-state index is 11.2. The molecule has 0 bridgehead atoms. The van der Waals surface area contributed by atoms with Gasteiger partial charge in [-0.1, -0.05) is 15.9 Å². The lowest BCUT2D eigenvalue weighted by Gasteiger charge is -2.33. The zero-order valence-electron chi connectivity index (χ0n) is 11.0. The Morgan fingerprint density at radius 2 is 2.35 bits per heavy atom. The third-order valence-corrected chi connectivity index (χ3v) is 3.79. The average molecular weight is 345 g/mol. The smallest absolute Gasteiger partial charge is 0.293 e. The lowest BCUT2D eigenvalue weighted by atomic mass is 10.1. The Bertz CT molecular complexity index is 483. The van der Waals surface area contributed by atoms with E-state index in [0.717, 1.165) is 19.4 Å². The van der Waals surface area contributed by atoms with Crippen LogP contribution >= 0.6 is 15.9 Å². The number of rotatable bonds is 5. The molecule has 1 aliphatic rings. The molecule has 6 nitrogen and oxygen atoms in total. The van der Waals surface area contributed by atoms with Gasteiger partial charge in [0.25, 0.3) is 5.69 Å². The Labute approximate surface area is 125 Å². The molecule has 7 heteroatoms. The van der Waals surface area contributed by atoms with Crippen molar-refractivity contribution in [3.8, 4) is 0 Å². The fraction of sp³-hybridized carbons (Fsp3) is 0.538. The summed E-state index contributed by atoms with van der Waals surface area (Å²) in [6.45, 7) is 1.69. The Kier molecular flexibility index (Phi) is 5.33. The first kappa shape index (κ1) is 15.2. The standard InChI is InChI=1S/C13H17BrN2O4/c14-10-3-4-12(13(8-10)16(18)19)15-5-1-2-11(9-15)20-7-6-17/h3-4,8,11,17H,1-2,5-7,9H2. The molecule has 1 unspecified atom stereocenters. The molecular weight excluding hydrogens is 328 g/mol. The van der Waals surface area contributed by atoms with Gasteiger partial charge >= 0.3 is 0 Å². The van der Waals surface area contributed by atoms with E-state index in [1.807, 2.05) is 4.90 Å². The van der Waals surface area contributed by atoms with E-state index in [-0.39, 0.29) is 23.3 Å². The van der Waals surface area contributed by atoms with Crippen LogP contribution in [0.5, 0.6) is 0 Å². The zero-order chi connectivity index (χ0) is 14.5. The maximum atomic E-state index is 11.2. The van der Waals surface area contributed by atoms with Gasteiger partial charge in [-0.15, -0.1) is 0 Å². The van der Waals surface area contributed by atoms with Crippen LogP contribution in [0.1, 0.15) is 12.8 Å². The lowest BCUT2D eigenvalue weighted by Crippen LogP contribution is -2.40. The van der Waals surface area contributed by atoms with E-state index in [0.29, 0.717) is 23.3 Å². The van der Waals surface area contributed by atoms with Gasteiger partial charge in [-0.3, -0.25) is 10.1 Å². The number of nitro benzene ring substituents is 1. The minimum atomic E-state index is -0.363. The number of nitro groups is 1. The molecule has 1 saturated heterocycles. The number of benzene rings is 1. The van der Waals surface area contributed by atoms with Gasteiger partial charge < -0.3 is 14.7 Å². The molecule has 1 atom stereocenters. The first-order chi connectivity index (χ1) is 9.61. The fourth-order valence-electron chi connectivity index (χ4n) is 2.42. The molecule has 0 radical (unpaired) electrons. The number of piperidine rings is 1. The Hall–Kier alpha value is -1.18. The Morgan fingerprint density at radius 3 is 3.05 bits per heavy atom. The minimum Gasteiger partial charge on any atom is -0.394 e. The van der Waals surface area contributed by atoms with Gasteiger partial charge in [0.2, 0.25) is 0 Å². The number of nitrogens with zero attached hydrogens (tertiary/aromatic N) is 2. The summed E-state index contributed by atoms with van der Waals surface area (Å²) in [6.07, 6.45) is 1.85. The highest BCUT2D eigenvalue weighted by atomic mass is 79.9. The zero-order valence-corrected chi connectivity index (χ0v) is 12.6. The van der Waals surface area contributed by atoms with Crippen molar-refractivity contribution in [1.29, 1.82) is 0 Å². The van der Waals surface area contributed by atoms with Crippen molar-refractivity contribution < 1.29 is 14.8 Å². The molecule has 1 N–H and O–H groups in total. The summed E-state index contributed by atoms with van der Waals surface area (Å²) in [6, 6.07) is 5.09. The van der Waals surface area contributed by atoms with Crippen LogP contribution in [0.3, 0.4) is 0 Å². The molecule has 0 amide bonds. The predicted octanol–water partition coefficient (Wildman–Crippen LogP) is 2.33. The first-order valence-electron chi connectivity index (χ1n) is 6.53. The van der Waals surface area contributed by atoms with Crippen LogP contribution in [0, 0.1) is 10.1 Å². The summed E-state index contributed by atoms with van der Waals surface area (Å²) < 4.78 is 6.23. The van der Waals surface area contributed by atoms with Crippen molar-refractivity contribution in [2.75, 3.05) is 31.2 Å². The summed E-state index contributed by atoms with van der Waals surface area (Å²) in [5, 5.41) is 20.0. The third kappa shape index (κ3) is 3.68. The van der Waals surface area contributed by atoms with E-state index in [2.05, 4.69) is 15.9 Å². The molecule has 1 aliphatic heterocycles. The number of anilines is 1. The molecule has 0 saturated carbocycles. The number of ether oxygens (including phenoxy) is 1. The topological polar surface area (TPSA) is 75.8 Å². The second-order valence-corrected chi connectivity index (χ2v) is 5.61. The van der Waals surface area contributed by atoms with Gasteiger partial charge in [-0.2, -0.15) is 0 Å². The molecule has 1 aromatic rings. The number of aliphatic hydroxyl groups is 1. The Morgan fingerprint density at radius 1 is 1.55 bits per heavy atom. The van der Waals surface area contributed by atoms with Crippen molar-refractivity contribution in [2.45, 2.75) is 18.9 Å². The van der Waals surface area contributed by atoms with Gasteiger partial charge in [0.05, 0.1) is 24.2 Å². The fourth-order valence-corrected chi connectivity index (χ4v) is 2.77. The molecule has 110 valence electrons. The van der Waals surface area contributed by atoms with Crippen LogP contribution in [-0.2, 0) is 4.74 Å². The van der Waals surface area contributed by atoms with Crippen molar-refractivity contribution in [2.24, 2.45) is 0 Å². The average Bonchev–Trinajstić information content (AvgIpc) is 2.45. The predicted molar refractivity (Wildman–Crippen MR) is 79.1 cm³/mol. The monoisotopic (exact) mass is 344 g/mol. The quantitative estimate of drug-likeness (QED) is 0.655. The molecule has 20 heavy (non-hydrogen) atoms. The van der Waals surface area contributed by atoms with E-state index >= 15 is 0 Å². The molecule has 1 fully saturated rings. The summed E-state index contributed by atoms with van der Waals surface area (Å²) in [5.74, 6) is 0. The summed E-state index contributed by atoms with van der Waals surface area (Å²) in [5.41, 5.74) is 0.720. The van der Waals surface area contributed by atoms with Gasteiger partial charge in [-0.05, 0) is 25.0 Å². The molecule has 0 aromatic heterocycles. The van der Waals surface area contributed by atoms with Crippen LogP contribution < -0.4 is 4.90 Å². The molecular formula is C13H17BrN2O4. The lowest BCUT2D eigenvalue weighted by molar-refractivity contribution is -0.384. The number of hydrogen-bond donors (Lipinski definition) is 1. The van der Waals surface area contributed by atoms with Crippen LogP contribution in [0.25, 0.3) is 0 Å². The van der Waals surface area contributed by atoms with Crippen LogP contribution in [-0.4, -0.2) is 42.4 Å². The number of aliphatic hydroxyl groups excluding tert-OH is 1. The first-order valence-corrected chi connectivity index (χ1v) is 7.32. The molecule has 2 rings (SSSR count). The highest BCUT2D eigenvalue weighted by molar-refractivity contribution is 9.10. The van der Waals surface area contributed by atoms with Crippen LogP contribution in [0.15, 0.2) is 22.7 Å². The Balaban J connectivity index is 2.16. The van der Waals surface area contributed by atoms with Crippen molar-refractivity contribution >= 4 is 27.3 Å². The van der Waals surface area contributed by atoms with Crippen LogP contribution in [0.4, 0.5) is 11.4 Å². The normalized spacial score (nSPS) is 19.1. The van der Waals surface area contributed by atoms with E-state index in [1.54, 1.807) is 12.1 Å². The highest BCUT2D eigenvalue weighted by Gasteiger charge is 2.25. The van der Waals surface area contributed by atoms with E-state index in [9.17, 15) is 10.1 Å². The van der Waals surface area contributed by atoms with E-state index in [4.69, 9.17) is 9.84 Å². The molecule has 1 heterocycles. The summed E-state index contributed by atoms with van der Waals surface area (Å²) >= 11 is 3.26. The maximum Gasteiger partial charge on any atom is 0.293 e. The van der Waals surface area contributed by atoms with E-state index in [1.165, 1.54) is 6.07 Å². The van der Waals surface area contributed by atoms with Crippen molar-refractivity contribution in [3.05, 3.63) is 32.8 Å². The van der Waals surface area contributed by atoms with Gasteiger partial charge in [0, 0.05) is 23.6 Å². The SMILES string of the molecule is O=[N+]([O-])c1cc(Br)ccc1N1CCCC(OCCO)C1. The van der Waals surface area contributed by atoms with Gasteiger partial charge in [0.15, 0.2) is 0 Å². The minimum absolute atomic E-state index is 0.00503. The van der Waals surface area contributed by atoms with E-state index < -0.39 is 0 Å². The summed E-state index contributed by atoms with van der Waals surface area (Å²) in [7, 11) is 0. The number of hydrogen-bond acceptors (Lipinski definition) is 5. The van der Waals surface area contributed by atoms with Gasteiger partial charge in [0.1, 0.15) is 5.69 Å².